The summed E-state index contributed by atoms with van der Waals surface area (Å²) >= 11 is 0. The second-order valence-electron chi connectivity index (χ2n) is 5.80. The molecule has 0 aromatic heterocycles. The standard InChI is InChI=1S/C18H20N2O5S/c1-12-7-8-13(2)17(9-12)25-11-18(22)19-20-26(23,24)16-6-4-5-15(10-16)14(3)21/h4-10,20H,11H2,1-3H3,(H,19,22). The minimum Gasteiger partial charge on any atom is -0.483 e. The van der Waals surface area contributed by atoms with E-state index in [0.29, 0.717) is 5.75 Å². The Labute approximate surface area is 152 Å². The van der Waals surface area contributed by atoms with E-state index in [1.54, 1.807) is 6.07 Å². The van der Waals surface area contributed by atoms with E-state index >= 15 is 0 Å². The lowest BCUT2D eigenvalue weighted by atomic mass is 10.1. The number of rotatable bonds is 7. The van der Waals surface area contributed by atoms with Crippen LogP contribution in [0.3, 0.4) is 0 Å². The fourth-order valence-electron chi connectivity index (χ4n) is 2.11. The van der Waals surface area contributed by atoms with Crippen molar-refractivity contribution in [1.29, 1.82) is 0 Å². The lowest BCUT2D eigenvalue weighted by Gasteiger charge is -2.11. The zero-order valence-electron chi connectivity index (χ0n) is 14.7. The maximum absolute atomic E-state index is 12.2. The summed E-state index contributed by atoms with van der Waals surface area (Å²) in [7, 11) is -4.00. The minimum absolute atomic E-state index is 0.124. The third kappa shape index (κ3) is 5.14. The van der Waals surface area contributed by atoms with E-state index in [0.717, 1.165) is 11.1 Å². The molecule has 138 valence electrons. The number of hydrogen-bond donors (Lipinski definition) is 2. The quantitative estimate of drug-likeness (QED) is 0.568. The molecule has 2 rings (SSSR count). The first-order valence-corrected chi connectivity index (χ1v) is 9.29. The lowest BCUT2D eigenvalue weighted by molar-refractivity contribution is -0.123. The highest BCUT2D eigenvalue weighted by Gasteiger charge is 2.16. The van der Waals surface area contributed by atoms with Crippen molar-refractivity contribution >= 4 is 21.7 Å². The van der Waals surface area contributed by atoms with Crippen molar-refractivity contribution in [2.24, 2.45) is 0 Å². The summed E-state index contributed by atoms with van der Waals surface area (Å²) in [4.78, 5) is 25.1. The Bertz CT molecular complexity index is 938. The van der Waals surface area contributed by atoms with Crippen molar-refractivity contribution in [3.05, 3.63) is 59.2 Å². The molecule has 1 amide bonds. The van der Waals surface area contributed by atoms with Gasteiger partial charge in [0.25, 0.3) is 15.9 Å². The molecule has 0 saturated carbocycles. The number of Topliss-reactive ketones (excluding diaryl/α,β-unsaturated/α-hetero) is 1. The molecule has 0 aliphatic carbocycles. The van der Waals surface area contributed by atoms with E-state index in [1.165, 1.54) is 31.2 Å². The molecule has 26 heavy (non-hydrogen) atoms. The zero-order chi connectivity index (χ0) is 19.3. The van der Waals surface area contributed by atoms with Crippen LogP contribution in [-0.4, -0.2) is 26.7 Å². The molecular weight excluding hydrogens is 356 g/mol. The van der Waals surface area contributed by atoms with E-state index in [2.05, 4.69) is 5.43 Å². The number of nitrogens with one attached hydrogen (secondary N) is 2. The van der Waals surface area contributed by atoms with Gasteiger partial charge in [0.15, 0.2) is 12.4 Å². The van der Waals surface area contributed by atoms with Gasteiger partial charge in [-0.05, 0) is 50.1 Å². The maximum atomic E-state index is 12.2. The van der Waals surface area contributed by atoms with Crippen LogP contribution in [0.5, 0.6) is 5.75 Å². The Hall–Kier alpha value is -2.71. The van der Waals surface area contributed by atoms with Crippen LogP contribution in [0, 0.1) is 13.8 Å². The van der Waals surface area contributed by atoms with Gasteiger partial charge in [-0.2, -0.15) is 0 Å². The summed E-state index contributed by atoms with van der Waals surface area (Å²) in [5.74, 6) is -0.359. The number of ether oxygens (including phenoxy) is 1. The molecule has 0 aliphatic rings. The zero-order valence-corrected chi connectivity index (χ0v) is 15.5. The smallest absolute Gasteiger partial charge is 0.272 e. The van der Waals surface area contributed by atoms with Gasteiger partial charge in [0.2, 0.25) is 0 Å². The first-order valence-electron chi connectivity index (χ1n) is 7.81. The monoisotopic (exact) mass is 376 g/mol. The summed E-state index contributed by atoms with van der Waals surface area (Å²) in [5.41, 5.74) is 4.20. The molecule has 0 saturated heterocycles. The van der Waals surface area contributed by atoms with Crippen LogP contribution >= 0.6 is 0 Å². The summed E-state index contributed by atoms with van der Waals surface area (Å²) in [6.07, 6.45) is 0. The molecule has 0 radical (unpaired) electrons. The van der Waals surface area contributed by atoms with Crippen LogP contribution in [0.25, 0.3) is 0 Å². The largest absolute Gasteiger partial charge is 0.483 e. The molecule has 8 heteroatoms. The highest BCUT2D eigenvalue weighted by atomic mass is 32.2. The van der Waals surface area contributed by atoms with Crippen molar-refractivity contribution in [1.82, 2.24) is 10.3 Å². The fraction of sp³-hybridized carbons (Fsp3) is 0.222. The summed E-state index contributed by atoms with van der Waals surface area (Å²) in [5, 5.41) is 0. The Morgan fingerprint density at radius 1 is 1.08 bits per heavy atom. The SMILES string of the molecule is CC(=O)c1cccc(S(=O)(=O)NNC(=O)COc2cc(C)ccc2C)c1. The predicted molar refractivity (Wildman–Crippen MR) is 96.3 cm³/mol. The van der Waals surface area contributed by atoms with Crippen molar-refractivity contribution < 1.29 is 22.7 Å². The number of aryl methyl sites for hydroxylation is 2. The van der Waals surface area contributed by atoms with E-state index in [9.17, 15) is 18.0 Å². The minimum atomic E-state index is -4.00. The van der Waals surface area contributed by atoms with Gasteiger partial charge in [-0.15, -0.1) is 4.83 Å². The average molecular weight is 376 g/mol. The first-order chi connectivity index (χ1) is 12.2. The molecule has 0 aliphatic heterocycles. The average Bonchev–Trinajstić information content (AvgIpc) is 2.61. The van der Waals surface area contributed by atoms with Gasteiger partial charge >= 0.3 is 0 Å². The molecule has 0 atom stereocenters. The molecule has 0 bridgehead atoms. The molecule has 7 nitrogen and oxygen atoms in total. The van der Waals surface area contributed by atoms with Gasteiger partial charge in [-0.3, -0.25) is 15.0 Å². The predicted octanol–water partition coefficient (Wildman–Crippen LogP) is 1.89. The molecule has 0 heterocycles. The summed E-state index contributed by atoms with van der Waals surface area (Å²) in [6, 6.07) is 11.1. The topological polar surface area (TPSA) is 102 Å². The second kappa shape index (κ2) is 8.11. The van der Waals surface area contributed by atoms with Gasteiger partial charge in [-0.1, -0.05) is 24.3 Å². The Kier molecular flexibility index (Phi) is 6.12. The van der Waals surface area contributed by atoms with Crippen LogP contribution in [0.15, 0.2) is 47.4 Å². The van der Waals surface area contributed by atoms with E-state index in [-0.39, 0.29) is 22.8 Å². The number of carbonyl (C=O) groups is 2. The molecule has 0 fully saturated rings. The van der Waals surface area contributed by atoms with Crippen LogP contribution in [-0.2, 0) is 14.8 Å². The highest BCUT2D eigenvalue weighted by Crippen LogP contribution is 2.18. The van der Waals surface area contributed by atoms with Crippen LogP contribution in [0.2, 0.25) is 0 Å². The Morgan fingerprint density at radius 3 is 2.50 bits per heavy atom. The highest BCUT2D eigenvalue weighted by molar-refractivity contribution is 7.89. The number of amides is 1. The number of sulfonamides is 1. The van der Waals surface area contributed by atoms with Crippen LogP contribution in [0.4, 0.5) is 0 Å². The summed E-state index contributed by atoms with van der Waals surface area (Å²) in [6.45, 7) is 4.74. The number of ketones is 1. The number of carbonyl (C=O) groups excluding carboxylic acids is 2. The maximum Gasteiger partial charge on any atom is 0.272 e. The van der Waals surface area contributed by atoms with Gasteiger partial charge in [-0.25, -0.2) is 8.42 Å². The van der Waals surface area contributed by atoms with Crippen molar-refractivity contribution in [2.45, 2.75) is 25.7 Å². The van der Waals surface area contributed by atoms with Crippen LogP contribution in [0.1, 0.15) is 28.4 Å². The van der Waals surface area contributed by atoms with E-state index in [1.807, 2.05) is 30.8 Å². The normalized spacial score (nSPS) is 11.0. The number of benzene rings is 2. The number of hydrazine groups is 1. The Morgan fingerprint density at radius 2 is 1.81 bits per heavy atom. The summed E-state index contributed by atoms with van der Waals surface area (Å²) < 4.78 is 29.8. The van der Waals surface area contributed by atoms with Gasteiger partial charge in [0, 0.05) is 5.56 Å². The van der Waals surface area contributed by atoms with E-state index < -0.39 is 15.9 Å². The van der Waals surface area contributed by atoms with Crippen molar-refractivity contribution in [3.8, 4) is 5.75 Å². The van der Waals surface area contributed by atoms with Crippen molar-refractivity contribution in [2.75, 3.05) is 6.61 Å². The van der Waals surface area contributed by atoms with Crippen molar-refractivity contribution in [3.63, 3.8) is 0 Å². The second-order valence-corrected chi connectivity index (χ2v) is 7.48. The van der Waals surface area contributed by atoms with Gasteiger partial charge < -0.3 is 4.74 Å². The first kappa shape index (κ1) is 19.6. The van der Waals surface area contributed by atoms with E-state index in [4.69, 9.17) is 4.74 Å². The molecule has 0 unspecified atom stereocenters. The fourth-order valence-corrected chi connectivity index (χ4v) is 3.01. The molecule has 0 spiro atoms. The molecular formula is C18H20N2O5S. The molecule has 2 N–H and O–H groups in total. The van der Waals surface area contributed by atoms with Crippen LogP contribution < -0.4 is 15.0 Å². The Balaban J connectivity index is 1.96. The lowest BCUT2D eigenvalue weighted by Crippen LogP contribution is -2.43. The molecule has 2 aromatic rings. The molecule has 2 aromatic carbocycles. The third-order valence-electron chi connectivity index (χ3n) is 3.58. The third-order valence-corrected chi connectivity index (χ3v) is 4.82. The van der Waals surface area contributed by atoms with Gasteiger partial charge in [0.05, 0.1) is 4.90 Å². The van der Waals surface area contributed by atoms with Gasteiger partial charge in [0.1, 0.15) is 5.75 Å². The number of hydrogen-bond acceptors (Lipinski definition) is 5.